The molecule has 0 aliphatic rings. The molecule has 31 heavy (non-hydrogen) atoms. The topological polar surface area (TPSA) is 63.2 Å². The van der Waals surface area contributed by atoms with E-state index in [1.165, 1.54) is 42.7 Å². The predicted octanol–water partition coefficient (Wildman–Crippen LogP) is 6.03. The molecule has 0 saturated carbocycles. The zero-order valence-electron chi connectivity index (χ0n) is 16.2. The molecule has 0 aliphatic carbocycles. The highest BCUT2D eigenvalue weighted by atomic mass is 35.5. The van der Waals surface area contributed by atoms with Gasteiger partial charge in [-0.25, -0.2) is 12.8 Å². The van der Waals surface area contributed by atoms with E-state index < -0.39 is 21.9 Å². The highest BCUT2D eigenvalue weighted by molar-refractivity contribution is 7.93. The maximum Gasteiger partial charge on any atom is 0.267 e. The number of sulfonamides is 1. The van der Waals surface area contributed by atoms with Crippen LogP contribution in [0.2, 0.25) is 10.0 Å². The molecule has 5 nitrogen and oxygen atoms in total. The number of aromatic nitrogens is 2. The molecule has 1 atom stereocenters. The fourth-order valence-corrected chi connectivity index (χ4v) is 5.78. The number of hydrogen-bond donors (Lipinski definition) is 0. The van der Waals surface area contributed by atoms with Gasteiger partial charge in [-0.15, -0.1) is 0 Å². The van der Waals surface area contributed by atoms with Gasteiger partial charge in [0.05, 0.1) is 17.2 Å². The molecule has 9 heteroatoms. The second kappa shape index (κ2) is 8.42. The number of fused-ring (bicyclic) bond motifs is 1. The molecule has 1 heterocycles. The lowest BCUT2D eigenvalue weighted by Crippen LogP contribution is -2.34. The summed E-state index contributed by atoms with van der Waals surface area (Å²) in [6.45, 7) is 1.67. The minimum Gasteiger partial charge on any atom is -0.259 e. The third-order valence-electron chi connectivity index (χ3n) is 4.83. The first-order valence-corrected chi connectivity index (χ1v) is 11.4. The summed E-state index contributed by atoms with van der Waals surface area (Å²) in [6.07, 6.45) is 2.91. The molecule has 4 aromatic rings. The summed E-state index contributed by atoms with van der Waals surface area (Å²) in [4.78, 5) is 8.36. The normalized spacial score (nSPS) is 12.6. The maximum atomic E-state index is 14.1. The first-order valence-electron chi connectivity index (χ1n) is 9.24. The summed E-state index contributed by atoms with van der Waals surface area (Å²) in [7, 11) is -4.20. The SMILES string of the molecule is C[C@H](c1ccc(Cl)cc1Cl)N(c1cccc(F)c1)S(=O)(=O)c1cccc2nccnc12. The van der Waals surface area contributed by atoms with Gasteiger partial charge in [-0.05, 0) is 55.0 Å². The lowest BCUT2D eigenvalue weighted by atomic mass is 10.1. The van der Waals surface area contributed by atoms with Crippen molar-refractivity contribution in [3.05, 3.63) is 94.5 Å². The minimum atomic E-state index is -4.20. The van der Waals surface area contributed by atoms with E-state index in [-0.39, 0.29) is 16.1 Å². The van der Waals surface area contributed by atoms with E-state index in [9.17, 15) is 12.8 Å². The fourth-order valence-electron chi connectivity index (χ4n) is 3.43. The fraction of sp³-hybridized carbons (Fsp3) is 0.0909. The summed E-state index contributed by atoms with van der Waals surface area (Å²) >= 11 is 12.4. The van der Waals surface area contributed by atoms with Crippen molar-refractivity contribution >= 4 is 49.9 Å². The van der Waals surface area contributed by atoms with Gasteiger partial charge in [-0.2, -0.15) is 0 Å². The van der Waals surface area contributed by atoms with Gasteiger partial charge in [0, 0.05) is 22.4 Å². The van der Waals surface area contributed by atoms with E-state index in [2.05, 4.69) is 9.97 Å². The second-order valence-electron chi connectivity index (χ2n) is 6.80. The van der Waals surface area contributed by atoms with Crippen LogP contribution in [0.4, 0.5) is 10.1 Å². The molecule has 0 N–H and O–H groups in total. The first kappa shape index (κ1) is 21.5. The third kappa shape index (κ3) is 4.08. The molecule has 158 valence electrons. The summed E-state index contributed by atoms with van der Waals surface area (Å²) in [6, 6.07) is 14.1. The highest BCUT2D eigenvalue weighted by Gasteiger charge is 2.33. The van der Waals surface area contributed by atoms with Crippen LogP contribution in [0.1, 0.15) is 18.5 Å². The van der Waals surface area contributed by atoms with Crippen molar-refractivity contribution in [3.8, 4) is 0 Å². The van der Waals surface area contributed by atoms with Gasteiger partial charge in [-0.3, -0.25) is 14.3 Å². The monoisotopic (exact) mass is 475 g/mol. The van der Waals surface area contributed by atoms with E-state index in [0.717, 1.165) is 10.4 Å². The van der Waals surface area contributed by atoms with Gasteiger partial charge in [0.15, 0.2) is 0 Å². The van der Waals surface area contributed by atoms with Crippen LogP contribution >= 0.6 is 23.2 Å². The van der Waals surface area contributed by atoms with Crippen molar-refractivity contribution in [1.82, 2.24) is 9.97 Å². The molecule has 0 unspecified atom stereocenters. The molecule has 0 radical (unpaired) electrons. The molecule has 1 aromatic heterocycles. The van der Waals surface area contributed by atoms with E-state index in [4.69, 9.17) is 23.2 Å². The first-order chi connectivity index (χ1) is 14.8. The molecule has 0 bridgehead atoms. The molecule has 0 fully saturated rings. The number of hydrogen-bond acceptors (Lipinski definition) is 4. The zero-order valence-corrected chi connectivity index (χ0v) is 18.5. The van der Waals surface area contributed by atoms with Gasteiger partial charge in [0.1, 0.15) is 16.2 Å². The van der Waals surface area contributed by atoms with Crippen molar-refractivity contribution in [2.75, 3.05) is 4.31 Å². The minimum absolute atomic E-state index is 0.0423. The second-order valence-corrected chi connectivity index (χ2v) is 9.43. The van der Waals surface area contributed by atoms with Crippen LogP contribution in [0.15, 0.2) is 78.0 Å². The zero-order chi connectivity index (χ0) is 22.2. The van der Waals surface area contributed by atoms with E-state index >= 15 is 0 Å². The maximum absolute atomic E-state index is 14.1. The molecule has 4 rings (SSSR count). The summed E-state index contributed by atoms with van der Waals surface area (Å²) in [5.74, 6) is -0.565. The Hall–Kier alpha value is -2.74. The van der Waals surface area contributed by atoms with E-state index in [0.29, 0.717) is 21.1 Å². The average molecular weight is 476 g/mol. The highest BCUT2D eigenvalue weighted by Crippen LogP contribution is 2.38. The number of benzene rings is 3. The summed E-state index contributed by atoms with van der Waals surface area (Å²) in [5, 5.41) is 0.722. The Morgan fingerprint density at radius 2 is 1.71 bits per heavy atom. The number of nitrogens with zero attached hydrogens (tertiary/aromatic N) is 3. The number of rotatable bonds is 5. The Bertz CT molecular complexity index is 1380. The largest absolute Gasteiger partial charge is 0.267 e. The number of halogens is 3. The quantitative estimate of drug-likeness (QED) is 0.353. The predicted molar refractivity (Wildman–Crippen MR) is 120 cm³/mol. The van der Waals surface area contributed by atoms with Crippen molar-refractivity contribution in [3.63, 3.8) is 0 Å². The van der Waals surface area contributed by atoms with Crippen LogP contribution < -0.4 is 4.31 Å². The Labute approximate surface area is 189 Å². The van der Waals surface area contributed by atoms with Crippen molar-refractivity contribution in [1.29, 1.82) is 0 Å². The molecule has 3 aromatic carbocycles. The molecule has 0 aliphatic heterocycles. The van der Waals surface area contributed by atoms with Crippen LogP contribution in [-0.4, -0.2) is 18.4 Å². The molecular formula is C22H16Cl2FN3O2S. The molecule has 0 amide bonds. The standard InChI is InChI=1S/C22H16Cl2FN3O2S/c1-14(18-9-8-15(23)12-19(18)24)28(17-5-2-4-16(25)13-17)31(29,30)21-7-3-6-20-22(21)27-11-10-26-20/h2-14H,1H3/t14-/m1/s1. The van der Waals surface area contributed by atoms with Crippen LogP contribution in [0.5, 0.6) is 0 Å². The van der Waals surface area contributed by atoms with Gasteiger partial charge >= 0.3 is 0 Å². The lowest BCUT2D eigenvalue weighted by molar-refractivity contribution is 0.582. The summed E-state index contributed by atoms with van der Waals surface area (Å²) < 4.78 is 43.1. The van der Waals surface area contributed by atoms with Gasteiger partial charge in [-0.1, -0.05) is 41.4 Å². The van der Waals surface area contributed by atoms with Crippen LogP contribution in [0.25, 0.3) is 11.0 Å². The van der Waals surface area contributed by atoms with Crippen molar-refractivity contribution < 1.29 is 12.8 Å². The Morgan fingerprint density at radius 3 is 2.45 bits per heavy atom. The van der Waals surface area contributed by atoms with Crippen LogP contribution in [-0.2, 0) is 10.0 Å². The molecule has 0 spiro atoms. The third-order valence-corrected chi connectivity index (χ3v) is 7.32. The Morgan fingerprint density at radius 1 is 0.968 bits per heavy atom. The van der Waals surface area contributed by atoms with Crippen LogP contribution in [0, 0.1) is 5.82 Å². The Kier molecular flexibility index (Phi) is 5.83. The summed E-state index contributed by atoms with van der Waals surface area (Å²) in [5.41, 5.74) is 1.32. The number of para-hydroxylation sites is 1. The average Bonchev–Trinajstić information content (AvgIpc) is 2.73. The molecular weight excluding hydrogens is 460 g/mol. The van der Waals surface area contributed by atoms with Gasteiger partial charge in [0.2, 0.25) is 0 Å². The van der Waals surface area contributed by atoms with Gasteiger partial charge in [0.25, 0.3) is 10.0 Å². The van der Waals surface area contributed by atoms with E-state index in [1.54, 1.807) is 31.2 Å². The lowest BCUT2D eigenvalue weighted by Gasteiger charge is -2.31. The van der Waals surface area contributed by atoms with E-state index in [1.807, 2.05) is 0 Å². The van der Waals surface area contributed by atoms with Crippen molar-refractivity contribution in [2.45, 2.75) is 17.9 Å². The smallest absolute Gasteiger partial charge is 0.259 e. The molecule has 0 saturated heterocycles. The van der Waals surface area contributed by atoms with Gasteiger partial charge < -0.3 is 0 Å². The number of anilines is 1. The Balaban J connectivity index is 1.96. The van der Waals surface area contributed by atoms with Crippen molar-refractivity contribution in [2.24, 2.45) is 0 Å². The van der Waals surface area contributed by atoms with Crippen LogP contribution in [0.3, 0.4) is 0 Å².